The Morgan fingerprint density at radius 3 is 2.37 bits per heavy atom. The minimum atomic E-state index is -3.46. The van der Waals surface area contributed by atoms with Crippen molar-refractivity contribution in [1.82, 2.24) is 4.31 Å². The number of sulfonamides is 1. The lowest BCUT2D eigenvalue weighted by Crippen LogP contribution is -3.15. The van der Waals surface area contributed by atoms with Crippen molar-refractivity contribution in [2.45, 2.75) is 17.9 Å². The molecular formula is C21H28N3O5S+. The summed E-state index contributed by atoms with van der Waals surface area (Å²) in [6, 6.07) is 15.4. The first kappa shape index (κ1) is 22.2. The van der Waals surface area contributed by atoms with Crippen LogP contribution < -0.4 is 15.0 Å². The molecule has 2 aromatic carbocycles. The molecule has 0 bridgehead atoms. The number of hydrogen-bond acceptors (Lipinski definition) is 5. The van der Waals surface area contributed by atoms with Gasteiger partial charge < -0.3 is 20.1 Å². The van der Waals surface area contributed by atoms with E-state index in [1.165, 1.54) is 11.2 Å². The topological polar surface area (TPSA) is 100 Å². The number of piperazine rings is 1. The maximum absolute atomic E-state index is 12.7. The maximum atomic E-state index is 12.7. The number of nitrogens with one attached hydrogen (secondary N) is 2. The van der Waals surface area contributed by atoms with Gasteiger partial charge in [-0.1, -0.05) is 18.2 Å². The summed E-state index contributed by atoms with van der Waals surface area (Å²) in [5, 5.41) is 13.0. The molecule has 0 spiro atoms. The second-order valence-corrected chi connectivity index (χ2v) is 9.28. The molecule has 30 heavy (non-hydrogen) atoms. The highest BCUT2D eigenvalue weighted by Crippen LogP contribution is 2.16. The van der Waals surface area contributed by atoms with Gasteiger partial charge in [0, 0.05) is 12.6 Å². The van der Waals surface area contributed by atoms with Crippen LogP contribution in [-0.4, -0.2) is 69.2 Å². The van der Waals surface area contributed by atoms with Crippen LogP contribution in [0.25, 0.3) is 0 Å². The zero-order valence-electron chi connectivity index (χ0n) is 17.0. The lowest BCUT2D eigenvalue weighted by Gasteiger charge is -2.32. The predicted octanol–water partition coefficient (Wildman–Crippen LogP) is -0.0259. The molecule has 0 aromatic heterocycles. The molecule has 0 radical (unpaired) electrons. The average molecular weight is 435 g/mol. The van der Waals surface area contributed by atoms with Crippen molar-refractivity contribution in [2.75, 3.05) is 44.6 Å². The Bertz CT molecular complexity index is 927. The first-order chi connectivity index (χ1) is 14.3. The summed E-state index contributed by atoms with van der Waals surface area (Å²) in [5.41, 5.74) is 0.683. The minimum Gasteiger partial charge on any atom is -0.491 e. The number of carbonyl (C=O) groups is 1. The van der Waals surface area contributed by atoms with Gasteiger partial charge in [0.15, 0.2) is 0 Å². The first-order valence-corrected chi connectivity index (χ1v) is 11.4. The van der Waals surface area contributed by atoms with E-state index >= 15 is 0 Å². The molecule has 1 atom stereocenters. The monoisotopic (exact) mass is 434 g/mol. The van der Waals surface area contributed by atoms with Gasteiger partial charge in [-0.3, -0.25) is 4.79 Å². The zero-order chi connectivity index (χ0) is 21.6. The van der Waals surface area contributed by atoms with Crippen LogP contribution in [0.15, 0.2) is 59.5 Å². The Hall–Kier alpha value is -2.46. The number of anilines is 1. The molecule has 9 heteroatoms. The molecule has 1 saturated heterocycles. The van der Waals surface area contributed by atoms with Gasteiger partial charge in [-0.25, -0.2) is 8.42 Å². The van der Waals surface area contributed by atoms with Crippen LogP contribution in [0.1, 0.15) is 6.92 Å². The smallest absolute Gasteiger partial charge is 0.243 e. The summed E-state index contributed by atoms with van der Waals surface area (Å²) >= 11 is 0. The number of aliphatic hydroxyl groups is 1. The molecule has 3 rings (SSSR count). The van der Waals surface area contributed by atoms with E-state index in [2.05, 4.69) is 5.32 Å². The fraction of sp³-hybridized carbons (Fsp3) is 0.381. The number of quaternary nitrogens is 1. The Balaban J connectivity index is 1.43. The van der Waals surface area contributed by atoms with Crippen molar-refractivity contribution >= 4 is 21.6 Å². The molecule has 3 N–H and O–H groups in total. The van der Waals surface area contributed by atoms with Crippen LogP contribution in [0.5, 0.6) is 5.75 Å². The van der Waals surface area contributed by atoms with E-state index in [0.717, 1.165) is 4.90 Å². The summed E-state index contributed by atoms with van der Waals surface area (Å²) in [4.78, 5) is 12.5. The standard InChI is InChI=1S/C21H27N3O5S/c1-17(25)22-18-7-9-20(10-8-18)29-16-19(26)15-23-11-13-24(14-12-23)30(27,28)21-5-3-2-4-6-21/h2-10,19,26H,11-16H2,1H3,(H,22,25)/p+1/t19-/m0/s1. The summed E-state index contributed by atoms with van der Waals surface area (Å²) in [5.74, 6) is 0.468. The number of hydrogen-bond donors (Lipinski definition) is 3. The van der Waals surface area contributed by atoms with E-state index in [1.54, 1.807) is 54.6 Å². The molecule has 8 nitrogen and oxygen atoms in total. The molecule has 162 valence electrons. The quantitative estimate of drug-likeness (QED) is 0.542. The van der Waals surface area contributed by atoms with E-state index in [-0.39, 0.29) is 12.5 Å². The normalized spacial score (nSPS) is 16.7. The Kier molecular flexibility index (Phi) is 7.43. The predicted molar refractivity (Wildman–Crippen MR) is 113 cm³/mol. The van der Waals surface area contributed by atoms with Gasteiger partial charge in [0.1, 0.15) is 25.0 Å². The number of amides is 1. The van der Waals surface area contributed by atoms with E-state index < -0.39 is 16.1 Å². The molecule has 0 saturated carbocycles. The van der Waals surface area contributed by atoms with Crippen LogP contribution in [-0.2, 0) is 14.8 Å². The molecule has 0 unspecified atom stereocenters. The third kappa shape index (κ3) is 6.02. The number of benzene rings is 2. The van der Waals surface area contributed by atoms with Gasteiger partial charge >= 0.3 is 0 Å². The van der Waals surface area contributed by atoms with Crippen LogP contribution in [0.4, 0.5) is 5.69 Å². The molecule has 1 aliphatic rings. The first-order valence-electron chi connectivity index (χ1n) is 9.92. The van der Waals surface area contributed by atoms with Crippen molar-refractivity contribution in [3.8, 4) is 5.75 Å². The van der Waals surface area contributed by atoms with Crippen LogP contribution >= 0.6 is 0 Å². The van der Waals surface area contributed by atoms with E-state index in [1.807, 2.05) is 0 Å². The summed E-state index contributed by atoms with van der Waals surface area (Å²) < 4.78 is 32.5. The third-order valence-corrected chi connectivity index (χ3v) is 6.86. The van der Waals surface area contributed by atoms with Crippen LogP contribution in [0.2, 0.25) is 0 Å². The van der Waals surface area contributed by atoms with Crippen molar-refractivity contribution < 1.29 is 28.0 Å². The summed E-state index contributed by atoms with van der Waals surface area (Å²) in [7, 11) is -3.46. The van der Waals surface area contributed by atoms with Crippen molar-refractivity contribution in [3.05, 3.63) is 54.6 Å². The van der Waals surface area contributed by atoms with Crippen LogP contribution in [0, 0.1) is 0 Å². The summed E-state index contributed by atoms with van der Waals surface area (Å²) in [6.07, 6.45) is -0.660. The van der Waals surface area contributed by atoms with Crippen LogP contribution in [0.3, 0.4) is 0 Å². The average Bonchev–Trinajstić information content (AvgIpc) is 2.74. The third-order valence-electron chi connectivity index (χ3n) is 4.95. The molecule has 2 aromatic rings. The Morgan fingerprint density at radius 1 is 1.13 bits per heavy atom. The molecule has 1 heterocycles. The van der Waals surface area contributed by atoms with Crippen molar-refractivity contribution in [2.24, 2.45) is 0 Å². The Morgan fingerprint density at radius 2 is 1.77 bits per heavy atom. The fourth-order valence-corrected chi connectivity index (χ4v) is 4.87. The SMILES string of the molecule is CC(=O)Nc1ccc(OC[C@@H](O)C[NH+]2CCN(S(=O)(=O)c3ccccc3)CC2)cc1. The number of nitrogens with zero attached hydrogens (tertiary/aromatic N) is 1. The number of rotatable bonds is 8. The van der Waals surface area contributed by atoms with Gasteiger partial charge in [-0.05, 0) is 36.4 Å². The number of ether oxygens (including phenoxy) is 1. The molecule has 1 amide bonds. The minimum absolute atomic E-state index is 0.140. The van der Waals surface area contributed by atoms with Crippen molar-refractivity contribution in [3.63, 3.8) is 0 Å². The zero-order valence-corrected chi connectivity index (χ0v) is 17.8. The van der Waals surface area contributed by atoms with E-state index in [9.17, 15) is 18.3 Å². The second kappa shape index (κ2) is 10.0. The van der Waals surface area contributed by atoms with Gasteiger partial charge in [-0.2, -0.15) is 4.31 Å². The fourth-order valence-electron chi connectivity index (χ4n) is 3.41. The van der Waals surface area contributed by atoms with E-state index in [4.69, 9.17) is 4.74 Å². The molecule has 1 fully saturated rings. The van der Waals surface area contributed by atoms with Gasteiger partial charge in [0.05, 0.1) is 31.1 Å². The Labute approximate surface area is 177 Å². The van der Waals surface area contributed by atoms with Gasteiger partial charge in [-0.15, -0.1) is 0 Å². The molecular weight excluding hydrogens is 406 g/mol. The van der Waals surface area contributed by atoms with Gasteiger partial charge in [0.25, 0.3) is 0 Å². The number of aliphatic hydroxyl groups excluding tert-OH is 1. The molecule has 1 aliphatic heterocycles. The largest absolute Gasteiger partial charge is 0.491 e. The number of carbonyl (C=O) groups excluding carboxylic acids is 1. The summed E-state index contributed by atoms with van der Waals surface area (Å²) in [6.45, 7) is 4.19. The van der Waals surface area contributed by atoms with Crippen molar-refractivity contribution in [1.29, 1.82) is 0 Å². The highest BCUT2D eigenvalue weighted by molar-refractivity contribution is 7.89. The van der Waals surface area contributed by atoms with Gasteiger partial charge in [0.2, 0.25) is 15.9 Å². The maximum Gasteiger partial charge on any atom is 0.243 e. The highest BCUT2D eigenvalue weighted by atomic mass is 32.2. The second-order valence-electron chi connectivity index (χ2n) is 7.34. The molecule has 0 aliphatic carbocycles. The lowest BCUT2D eigenvalue weighted by molar-refractivity contribution is -0.906. The highest BCUT2D eigenvalue weighted by Gasteiger charge is 2.31. The van der Waals surface area contributed by atoms with E-state index in [0.29, 0.717) is 49.1 Å². The lowest BCUT2D eigenvalue weighted by atomic mass is 10.3.